The van der Waals surface area contributed by atoms with E-state index in [2.05, 4.69) is 15.1 Å². The molecular weight excluding hydrogens is 485 g/mol. The molecule has 0 aliphatic carbocycles. The number of para-hydroxylation sites is 1. The van der Waals surface area contributed by atoms with Gasteiger partial charge in [0.1, 0.15) is 0 Å². The zero-order valence-corrected chi connectivity index (χ0v) is 19.8. The molecule has 3 aromatic carbocycles. The topological polar surface area (TPSA) is 46.4 Å². The van der Waals surface area contributed by atoms with Crippen molar-refractivity contribution in [1.82, 2.24) is 9.99 Å². The fraction of sp³-hybridized carbons (Fsp3) is 0.0833. The molecule has 0 spiro atoms. The molecule has 4 nitrogen and oxygen atoms in total. The van der Waals surface area contributed by atoms with Gasteiger partial charge in [-0.15, -0.1) is 11.8 Å². The maximum atomic E-state index is 12.1. The summed E-state index contributed by atoms with van der Waals surface area (Å²) in [6, 6.07) is 20.9. The van der Waals surface area contributed by atoms with Gasteiger partial charge >= 0.3 is 0 Å². The molecule has 4 rings (SSSR count). The number of halogens is 3. The van der Waals surface area contributed by atoms with Crippen molar-refractivity contribution in [3.8, 4) is 0 Å². The SMILES string of the molecule is O=C(CSc1ccc(Cl)cc1)N/N=C\c1cn(Cc2ccc(Cl)cc2Cl)c2ccccc12. The molecule has 0 saturated carbocycles. The van der Waals surface area contributed by atoms with Gasteiger partial charge in [-0.05, 0) is 48.0 Å². The average Bonchev–Trinajstić information content (AvgIpc) is 3.13. The Bertz CT molecular complexity index is 1290. The Balaban J connectivity index is 1.45. The van der Waals surface area contributed by atoms with Gasteiger partial charge in [-0.1, -0.05) is 59.1 Å². The lowest BCUT2D eigenvalue weighted by Gasteiger charge is -2.08. The number of nitrogens with zero attached hydrogens (tertiary/aromatic N) is 2. The Morgan fingerprint density at radius 2 is 1.75 bits per heavy atom. The number of hydrogen-bond donors (Lipinski definition) is 1. The Morgan fingerprint density at radius 3 is 2.53 bits per heavy atom. The summed E-state index contributed by atoms with van der Waals surface area (Å²) in [4.78, 5) is 13.1. The van der Waals surface area contributed by atoms with Gasteiger partial charge in [-0.25, -0.2) is 5.43 Å². The zero-order valence-electron chi connectivity index (χ0n) is 16.8. The van der Waals surface area contributed by atoms with Gasteiger partial charge in [-0.3, -0.25) is 4.79 Å². The van der Waals surface area contributed by atoms with E-state index in [0.717, 1.165) is 26.9 Å². The van der Waals surface area contributed by atoms with Crippen molar-refractivity contribution in [2.24, 2.45) is 5.10 Å². The molecular formula is C24H18Cl3N3OS. The van der Waals surface area contributed by atoms with Crippen molar-refractivity contribution < 1.29 is 4.79 Å². The lowest BCUT2D eigenvalue weighted by molar-refractivity contribution is -0.118. The maximum absolute atomic E-state index is 12.1. The summed E-state index contributed by atoms with van der Waals surface area (Å²) in [6.07, 6.45) is 3.65. The number of aromatic nitrogens is 1. The summed E-state index contributed by atoms with van der Waals surface area (Å²) < 4.78 is 2.10. The van der Waals surface area contributed by atoms with E-state index < -0.39 is 0 Å². The number of rotatable bonds is 7. The normalized spacial score (nSPS) is 11.3. The van der Waals surface area contributed by atoms with E-state index in [1.807, 2.05) is 54.7 Å². The van der Waals surface area contributed by atoms with Crippen LogP contribution in [0, 0.1) is 0 Å². The summed E-state index contributed by atoms with van der Waals surface area (Å²) in [6.45, 7) is 0.592. The maximum Gasteiger partial charge on any atom is 0.250 e. The second-order valence-corrected chi connectivity index (χ2v) is 9.33. The standard InChI is InChI=1S/C24H18Cl3N3OS/c25-18-7-9-20(10-8-18)32-15-24(31)29-28-12-17-14-30(23-4-2-1-3-21(17)23)13-16-5-6-19(26)11-22(16)27/h1-12,14H,13,15H2,(H,29,31)/b28-12-. The summed E-state index contributed by atoms with van der Waals surface area (Å²) in [5.74, 6) is 0.0772. The van der Waals surface area contributed by atoms with Gasteiger partial charge in [0.15, 0.2) is 0 Å². The van der Waals surface area contributed by atoms with E-state index in [9.17, 15) is 4.79 Å². The molecule has 162 valence electrons. The van der Waals surface area contributed by atoms with Gasteiger partial charge in [0.25, 0.3) is 0 Å². The van der Waals surface area contributed by atoms with Crippen LogP contribution >= 0.6 is 46.6 Å². The first-order chi connectivity index (χ1) is 15.5. The minimum Gasteiger partial charge on any atom is -0.342 e. The van der Waals surface area contributed by atoms with Crippen molar-refractivity contribution in [1.29, 1.82) is 0 Å². The molecule has 1 aromatic heterocycles. The molecule has 0 fully saturated rings. The lowest BCUT2D eigenvalue weighted by Crippen LogP contribution is -2.19. The predicted octanol–water partition coefficient (Wildman–Crippen LogP) is 6.89. The van der Waals surface area contributed by atoms with E-state index in [4.69, 9.17) is 34.8 Å². The van der Waals surface area contributed by atoms with Gasteiger partial charge in [0, 0.05) is 49.2 Å². The lowest BCUT2D eigenvalue weighted by atomic mass is 10.2. The highest BCUT2D eigenvalue weighted by molar-refractivity contribution is 8.00. The van der Waals surface area contributed by atoms with Gasteiger partial charge < -0.3 is 4.57 Å². The molecule has 0 atom stereocenters. The second-order valence-electron chi connectivity index (χ2n) is 7.00. The van der Waals surface area contributed by atoms with Crippen molar-refractivity contribution in [2.75, 3.05) is 5.75 Å². The number of hydrazone groups is 1. The van der Waals surface area contributed by atoms with E-state index in [1.54, 1.807) is 24.4 Å². The molecule has 32 heavy (non-hydrogen) atoms. The van der Waals surface area contributed by atoms with Crippen LogP contribution in [-0.4, -0.2) is 22.4 Å². The number of hydrogen-bond acceptors (Lipinski definition) is 3. The summed E-state index contributed by atoms with van der Waals surface area (Å²) in [5.41, 5.74) is 5.50. The van der Waals surface area contributed by atoms with Crippen molar-refractivity contribution >= 4 is 69.6 Å². The van der Waals surface area contributed by atoms with Crippen LogP contribution in [0.2, 0.25) is 15.1 Å². The van der Waals surface area contributed by atoms with Crippen molar-refractivity contribution in [3.05, 3.63) is 99.1 Å². The first-order valence-electron chi connectivity index (χ1n) is 9.71. The van der Waals surface area contributed by atoms with Crippen molar-refractivity contribution in [3.63, 3.8) is 0 Å². The summed E-state index contributed by atoms with van der Waals surface area (Å²) >= 11 is 19.7. The van der Waals surface area contributed by atoms with Crippen molar-refractivity contribution in [2.45, 2.75) is 11.4 Å². The summed E-state index contributed by atoms with van der Waals surface area (Å²) in [5, 5.41) is 7.08. The molecule has 4 aromatic rings. The number of thioether (sulfide) groups is 1. The summed E-state index contributed by atoms with van der Waals surface area (Å²) in [7, 11) is 0. The highest BCUT2D eigenvalue weighted by Gasteiger charge is 2.09. The minimum atomic E-state index is -0.183. The number of benzene rings is 3. The molecule has 1 amide bonds. The Morgan fingerprint density at radius 1 is 1.00 bits per heavy atom. The van der Waals surface area contributed by atoms with Crippen LogP contribution in [0.5, 0.6) is 0 Å². The number of carbonyl (C=O) groups excluding carboxylic acids is 1. The molecule has 1 N–H and O–H groups in total. The fourth-order valence-electron chi connectivity index (χ4n) is 3.23. The quantitative estimate of drug-likeness (QED) is 0.170. The van der Waals surface area contributed by atoms with Crippen LogP contribution < -0.4 is 5.43 Å². The number of amides is 1. The third kappa shape index (κ3) is 5.67. The molecule has 8 heteroatoms. The van der Waals surface area contributed by atoms with Crippen LogP contribution in [-0.2, 0) is 11.3 Å². The molecule has 0 bridgehead atoms. The van der Waals surface area contributed by atoms with E-state index in [0.29, 0.717) is 21.6 Å². The highest BCUT2D eigenvalue weighted by Crippen LogP contribution is 2.26. The molecule has 1 heterocycles. The molecule has 0 radical (unpaired) electrons. The molecule has 0 aliphatic heterocycles. The fourth-order valence-corrected chi connectivity index (χ4v) is 4.51. The third-order valence-corrected chi connectivity index (χ3v) is 6.60. The number of carbonyl (C=O) groups is 1. The van der Waals surface area contributed by atoms with Crippen LogP contribution in [0.15, 0.2) is 82.9 Å². The van der Waals surface area contributed by atoms with E-state index in [-0.39, 0.29) is 11.7 Å². The van der Waals surface area contributed by atoms with E-state index >= 15 is 0 Å². The van der Waals surface area contributed by atoms with E-state index in [1.165, 1.54) is 11.8 Å². The number of nitrogens with one attached hydrogen (secondary N) is 1. The first-order valence-corrected chi connectivity index (χ1v) is 11.8. The largest absolute Gasteiger partial charge is 0.342 e. The van der Waals surface area contributed by atoms with Crippen LogP contribution in [0.3, 0.4) is 0 Å². The third-order valence-electron chi connectivity index (χ3n) is 4.75. The van der Waals surface area contributed by atoms with Crippen LogP contribution in [0.25, 0.3) is 10.9 Å². The van der Waals surface area contributed by atoms with Gasteiger partial charge in [0.2, 0.25) is 5.91 Å². The Hall–Kier alpha value is -2.44. The molecule has 0 unspecified atom stereocenters. The monoisotopic (exact) mass is 501 g/mol. The predicted molar refractivity (Wildman–Crippen MR) is 135 cm³/mol. The van der Waals surface area contributed by atoms with Crippen LogP contribution in [0.4, 0.5) is 0 Å². The Kier molecular flexibility index (Phi) is 7.43. The smallest absolute Gasteiger partial charge is 0.250 e. The minimum absolute atomic E-state index is 0.183. The molecule has 0 aliphatic rings. The van der Waals surface area contributed by atoms with Crippen LogP contribution in [0.1, 0.15) is 11.1 Å². The first kappa shape index (κ1) is 22.7. The average molecular weight is 503 g/mol. The van der Waals surface area contributed by atoms with Gasteiger partial charge in [0.05, 0.1) is 12.0 Å². The molecule has 0 saturated heterocycles. The zero-order chi connectivity index (χ0) is 22.5. The van der Waals surface area contributed by atoms with Gasteiger partial charge in [-0.2, -0.15) is 5.10 Å². The highest BCUT2D eigenvalue weighted by atomic mass is 35.5. The Labute approximate surface area is 205 Å². The number of fused-ring (bicyclic) bond motifs is 1. The second kappa shape index (κ2) is 10.5.